The zero-order valence-corrected chi connectivity index (χ0v) is 9.70. The molecule has 1 rings (SSSR count). The van der Waals surface area contributed by atoms with Gasteiger partial charge in [0.2, 0.25) is 0 Å². The smallest absolute Gasteiger partial charge is 0.423 e. The number of halogens is 1. The second-order valence-corrected chi connectivity index (χ2v) is 3.77. The molecule has 0 fully saturated rings. The van der Waals surface area contributed by atoms with Gasteiger partial charge in [0.25, 0.3) is 0 Å². The molecule has 0 heterocycles. The molecule has 0 saturated heterocycles. The van der Waals surface area contributed by atoms with E-state index >= 15 is 0 Å². The minimum atomic E-state index is -1.76. The quantitative estimate of drug-likeness (QED) is 0.226. The summed E-state index contributed by atoms with van der Waals surface area (Å²) in [5.41, 5.74) is 0.196. The lowest BCUT2D eigenvalue weighted by Crippen LogP contribution is -2.29. The third kappa shape index (κ3) is 4.07. The molecule has 0 aliphatic carbocycles. The van der Waals surface area contributed by atoms with Crippen molar-refractivity contribution in [2.24, 2.45) is 4.99 Å². The van der Waals surface area contributed by atoms with E-state index < -0.39 is 12.9 Å². The van der Waals surface area contributed by atoms with Crippen molar-refractivity contribution >= 4 is 35.2 Å². The molecule has 3 N–H and O–H groups in total. The third-order valence-electron chi connectivity index (χ3n) is 1.79. The molecule has 0 unspecified atom stereocenters. The van der Waals surface area contributed by atoms with Crippen molar-refractivity contribution in [1.29, 1.82) is 5.26 Å². The average Bonchev–Trinajstić information content (AvgIpc) is 2.27. The van der Waals surface area contributed by atoms with Crippen molar-refractivity contribution in [2.45, 2.75) is 0 Å². The minimum Gasteiger partial charge on any atom is -0.423 e. The van der Waals surface area contributed by atoms with Crippen LogP contribution in [-0.2, 0) is 0 Å². The number of hydrogen-bond donors (Lipinski definition) is 3. The van der Waals surface area contributed by atoms with Gasteiger partial charge in [-0.1, -0.05) is 11.8 Å². The van der Waals surface area contributed by atoms with Crippen LogP contribution in [0.1, 0.15) is 0 Å². The van der Waals surface area contributed by atoms with Gasteiger partial charge in [-0.3, -0.25) is 5.32 Å². The predicted octanol–water partition coefficient (Wildman–Crippen LogP) is -0.0733. The van der Waals surface area contributed by atoms with Crippen LogP contribution in [0.25, 0.3) is 0 Å². The van der Waals surface area contributed by atoms with E-state index in [0.29, 0.717) is 0 Å². The van der Waals surface area contributed by atoms with E-state index in [1.165, 1.54) is 17.8 Å². The predicted molar refractivity (Wildman–Crippen MR) is 65.6 cm³/mol. The summed E-state index contributed by atoms with van der Waals surface area (Å²) in [5, 5.41) is 28.9. The van der Waals surface area contributed by atoms with Crippen LogP contribution >= 0.6 is 11.8 Å². The molecule has 0 atom stereocenters. The molecule has 5 nitrogen and oxygen atoms in total. The maximum absolute atomic E-state index is 13.1. The molecule has 8 heteroatoms. The highest BCUT2D eigenvalue weighted by Crippen LogP contribution is 2.14. The Bertz CT molecular complexity index is 476. The SMILES string of the molecule is CSC(=Nc1cc(F)cc(B(O)O)c1)NC#N. The first-order chi connectivity index (χ1) is 8.06. The van der Waals surface area contributed by atoms with Crippen molar-refractivity contribution in [3.63, 3.8) is 0 Å². The van der Waals surface area contributed by atoms with Crippen molar-refractivity contribution in [1.82, 2.24) is 5.32 Å². The van der Waals surface area contributed by atoms with Crippen LogP contribution in [0.3, 0.4) is 0 Å². The maximum atomic E-state index is 13.1. The number of rotatable bonds is 2. The molecule has 1 aromatic rings. The van der Waals surface area contributed by atoms with E-state index in [-0.39, 0.29) is 16.3 Å². The molecule has 0 radical (unpaired) electrons. The second-order valence-electron chi connectivity index (χ2n) is 2.97. The zero-order chi connectivity index (χ0) is 12.8. The fourth-order valence-electron chi connectivity index (χ4n) is 1.10. The van der Waals surface area contributed by atoms with E-state index in [1.807, 2.05) is 0 Å². The van der Waals surface area contributed by atoms with Crippen LogP contribution in [0.15, 0.2) is 23.2 Å². The van der Waals surface area contributed by atoms with Crippen molar-refractivity contribution in [2.75, 3.05) is 6.26 Å². The number of thioether (sulfide) groups is 1. The standard InChI is InChI=1S/C9H9BFN3O2S/c1-17-9(13-5-12)14-8-3-6(10(15)16)2-7(11)4-8/h2-4,15-16H,1H3,(H,13,14). The van der Waals surface area contributed by atoms with Gasteiger partial charge in [-0.2, -0.15) is 5.26 Å². The number of nitrogens with one attached hydrogen (secondary N) is 1. The number of amidine groups is 1. The van der Waals surface area contributed by atoms with Crippen molar-refractivity contribution < 1.29 is 14.4 Å². The highest BCUT2D eigenvalue weighted by molar-refractivity contribution is 8.13. The number of nitriles is 1. The summed E-state index contributed by atoms with van der Waals surface area (Å²) in [6.07, 6.45) is 3.40. The first kappa shape index (κ1) is 13.5. The van der Waals surface area contributed by atoms with E-state index in [1.54, 1.807) is 12.4 Å². The second kappa shape index (κ2) is 6.25. The van der Waals surface area contributed by atoms with Crippen LogP contribution < -0.4 is 10.8 Å². The normalized spacial score (nSPS) is 10.9. The van der Waals surface area contributed by atoms with Gasteiger partial charge in [0.05, 0.1) is 5.69 Å². The van der Waals surface area contributed by atoms with E-state index in [4.69, 9.17) is 15.3 Å². The van der Waals surface area contributed by atoms with Gasteiger partial charge in [0.15, 0.2) is 11.4 Å². The van der Waals surface area contributed by atoms with Crippen LogP contribution in [0.5, 0.6) is 0 Å². The van der Waals surface area contributed by atoms with E-state index in [9.17, 15) is 4.39 Å². The molecule has 0 aromatic heterocycles. The van der Waals surface area contributed by atoms with Crippen LogP contribution in [0.4, 0.5) is 10.1 Å². The Labute approximate surface area is 102 Å². The molecule has 0 aliphatic rings. The zero-order valence-electron chi connectivity index (χ0n) is 8.88. The molecule has 1 aromatic carbocycles. The Hall–Kier alpha value is -1.56. The average molecular weight is 253 g/mol. The summed E-state index contributed by atoms with van der Waals surface area (Å²) in [6.45, 7) is 0. The monoisotopic (exact) mass is 253 g/mol. The van der Waals surface area contributed by atoms with E-state index in [0.717, 1.165) is 12.1 Å². The molecular weight excluding hydrogens is 244 g/mol. The van der Waals surface area contributed by atoms with Gasteiger partial charge in [-0.05, 0) is 29.9 Å². The topological polar surface area (TPSA) is 88.6 Å². The van der Waals surface area contributed by atoms with Crippen LogP contribution in [0.2, 0.25) is 0 Å². The molecule has 88 valence electrons. The van der Waals surface area contributed by atoms with Gasteiger partial charge in [-0.15, -0.1) is 0 Å². The number of aliphatic imine (C=N–C) groups is 1. The Morgan fingerprint density at radius 1 is 1.53 bits per heavy atom. The molecule has 0 aliphatic heterocycles. The van der Waals surface area contributed by atoms with Gasteiger partial charge < -0.3 is 10.0 Å². The number of nitrogens with zero attached hydrogens (tertiary/aromatic N) is 2. The first-order valence-corrected chi connectivity index (χ1v) is 5.73. The van der Waals surface area contributed by atoms with Crippen LogP contribution in [0, 0.1) is 17.3 Å². The van der Waals surface area contributed by atoms with Gasteiger partial charge in [-0.25, -0.2) is 9.38 Å². The minimum absolute atomic E-state index is 0.00107. The van der Waals surface area contributed by atoms with Gasteiger partial charge in [0, 0.05) is 0 Å². The molecule has 0 saturated carbocycles. The molecular formula is C9H9BFN3O2S. The van der Waals surface area contributed by atoms with Gasteiger partial charge >= 0.3 is 7.12 Å². The van der Waals surface area contributed by atoms with Crippen LogP contribution in [-0.4, -0.2) is 28.6 Å². The lowest BCUT2D eigenvalue weighted by Gasteiger charge is -2.03. The maximum Gasteiger partial charge on any atom is 0.488 e. The molecule has 17 heavy (non-hydrogen) atoms. The summed E-state index contributed by atoms with van der Waals surface area (Å²) < 4.78 is 13.1. The summed E-state index contributed by atoms with van der Waals surface area (Å²) >= 11 is 1.18. The highest BCUT2D eigenvalue weighted by Gasteiger charge is 2.13. The Kier molecular flexibility index (Phi) is 4.96. The molecule has 0 amide bonds. The fourth-order valence-corrected chi connectivity index (χ4v) is 1.44. The highest BCUT2D eigenvalue weighted by atomic mass is 32.2. The molecule has 0 bridgehead atoms. The van der Waals surface area contributed by atoms with Gasteiger partial charge in [0.1, 0.15) is 5.82 Å². The Balaban J connectivity index is 3.10. The molecule has 0 spiro atoms. The largest absolute Gasteiger partial charge is 0.488 e. The van der Waals surface area contributed by atoms with E-state index in [2.05, 4.69) is 10.3 Å². The lowest BCUT2D eigenvalue weighted by molar-refractivity contribution is 0.425. The summed E-state index contributed by atoms with van der Waals surface area (Å²) in [7, 11) is -1.76. The van der Waals surface area contributed by atoms with Crippen molar-refractivity contribution in [3.05, 3.63) is 24.0 Å². The lowest BCUT2D eigenvalue weighted by atomic mass is 9.80. The third-order valence-corrected chi connectivity index (χ3v) is 2.37. The Morgan fingerprint density at radius 2 is 2.24 bits per heavy atom. The first-order valence-electron chi connectivity index (χ1n) is 4.51. The number of hydrogen-bond acceptors (Lipinski definition) is 5. The summed E-state index contributed by atoms with van der Waals surface area (Å²) in [6, 6.07) is 3.45. The van der Waals surface area contributed by atoms with Crippen molar-refractivity contribution in [3.8, 4) is 6.19 Å². The Morgan fingerprint density at radius 3 is 2.76 bits per heavy atom. The fraction of sp³-hybridized carbons (Fsp3) is 0.111. The summed E-state index contributed by atoms with van der Waals surface area (Å²) in [5.74, 6) is -0.633. The summed E-state index contributed by atoms with van der Waals surface area (Å²) in [4.78, 5) is 3.95. The number of benzene rings is 1.